The molecule has 0 heterocycles. The van der Waals surface area contributed by atoms with E-state index in [9.17, 15) is 13.2 Å². The number of nitrogens with two attached hydrogens (primary N) is 1. The topological polar surface area (TPSA) is 80.5 Å². The molecule has 1 aliphatic carbocycles. The molecule has 5 nitrogen and oxygen atoms in total. The molecule has 1 amide bonds. The van der Waals surface area contributed by atoms with Gasteiger partial charge in [-0.1, -0.05) is 6.92 Å². The molecule has 0 aromatic heterocycles. The van der Waals surface area contributed by atoms with Crippen LogP contribution in [0, 0.1) is 0 Å². The van der Waals surface area contributed by atoms with Crippen LogP contribution >= 0.6 is 15.9 Å². The largest absolute Gasteiger partial charge is 0.336 e. The van der Waals surface area contributed by atoms with Crippen molar-refractivity contribution in [3.63, 3.8) is 0 Å². The predicted molar refractivity (Wildman–Crippen MR) is 79.9 cm³/mol. The molecule has 110 valence electrons. The lowest BCUT2D eigenvalue weighted by Crippen LogP contribution is -2.34. The Labute approximate surface area is 127 Å². The number of carbonyl (C=O) groups excluding carboxylic acids is 1. The SMILES string of the molecule is CCCN(C(=O)c1cc(S(N)(=O)=O)ccc1Br)C1CC1. The minimum atomic E-state index is -3.81. The highest BCUT2D eigenvalue weighted by Crippen LogP contribution is 2.30. The van der Waals surface area contributed by atoms with E-state index in [1.807, 2.05) is 11.8 Å². The first kappa shape index (κ1) is 15.5. The van der Waals surface area contributed by atoms with Crippen molar-refractivity contribution >= 4 is 31.9 Å². The van der Waals surface area contributed by atoms with Crippen molar-refractivity contribution in [1.82, 2.24) is 4.90 Å². The van der Waals surface area contributed by atoms with Gasteiger partial charge in [-0.05, 0) is 53.4 Å². The minimum Gasteiger partial charge on any atom is -0.336 e. The highest BCUT2D eigenvalue weighted by Gasteiger charge is 2.33. The first-order valence-electron chi connectivity index (χ1n) is 6.48. The van der Waals surface area contributed by atoms with E-state index in [1.165, 1.54) is 12.1 Å². The third-order valence-corrected chi connectivity index (χ3v) is 4.81. The fourth-order valence-electron chi connectivity index (χ4n) is 2.08. The molecule has 1 aromatic carbocycles. The van der Waals surface area contributed by atoms with E-state index in [2.05, 4.69) is 15.9 Å². The molecule has 1 aromatic rings. The lowest BCUT2D eigenvalue weighted by molar-refractivity contribution is 0.0742. The zero-order valence-corrected chi connectivity index (χ0v) is 13.6. The first-order valence-corrected chi connectivity index (χ1v) is 8.82. The van der Waals surface area contributed by atoms with Crippen LogP contribution < -0.4 is 5.14 Å². The van der Waals surface area contributed by atoms with Crippen LogP contribution in [0.25, 0.3) is 0 Å². The summed E-state index contributed by atoms with van der Waals surface area (Å²) in [6.07, 6.45) is 2.89. The van der Waals surface area contributed by atoms with Crippen LogP contribution in [0.5, 0.6) is 0 Å². The summed E-state index contributed by atoms with van der Waals surface area (Å²) in [4.78, 5) is 14.3. The Balaban J connectivity index is 2.37. The molecule has 0 saturated heterocycles. The Morgan fingerprint density at radius 3 is 2.60 bits per heavy atom. The van der Waals surface area contributed by atoms with Crippen LogP contribution in [-0.2, 0) is 10.0 Å². The van der Waals surface area contributed by atoms with Gasteiger partial charge in [-0.25, -0.2) is 13.6 Å². The summed E-state index contributed by atoms with van der Waals surface area (Å²) in [7, 11) is -3.81. The summed E-state index contributed by atoms with van der Waals surface area (Å²) < 4.78 is 23.4. The molecule has 1 saturated carbocycles. The number of hydrogen-bond donors (Lipinski definition) is 1. The highest BCUT2D eigenvalue weighted by molar-refractivity contribution is 9.10. The molecule has 1 fully saturated rings. The van der Waals surface area contributed by atoms with Crippen LogP contribution in [-0.4, -0.2) is 31.8 Å². The maximum absolute atomic E-state index is 12.6. The van der Waals surface area contributed by atoms with E-state index in [4.69, 9.17) is 5.14 Å². The van der Waals surface area contributed by atoms with Crippen molar-refractivity contribution in [3.8, 4) is 0 Å². The Morgan fingerprint density at radius 1 is 1.45 bits per heavy atom. The molecule has 7 heteroatoms. The number of halogens is 1. The van der Waals surface area contributed by atoms with Gasteiger partial charge >= 0.3 is 0 Å². The summed E-state index contributed by atoms with van der Waals surface area (Å²) in [5.41, 5.74) is 0.344. The fraction of sp³-hybridized carbons (Fsp3) is 0.462. The molecule has 0 aliphatic heterocycles. The van der Waals surface area contributed by atoms with Crippen LogP contribution in [0.1, 0.15) is 36.5 Å². The van der Waals surface area contributed by atoms with Crippen LogP contribution in [0.4, 0.5) is 0 Å². The van der Waals surface area contributed by atoms with E-state index in [0.717, 1.165) is 19.3 Å². The number of nitrogens with zero attached hydrogens (tertiary/aromatic N) is 1. The van der Waals surface area contributed by atoms with Crippen molar-refractivity contribution < 1.29 is 13.2 Å². The van der Waals surface area contributed by atoms with E-state index in [0.29, 0.717) is 16.6 Å². The summed E-state index contributed by atoms with van der Waals surface area (Å²) in [5, 5.41) is 5.11. The molecule has 20 heavy (non-hydrogen) atoms. The van der Waals surface area contributed by atoms with Crippen molar-refractivity contribution in [2.24, 2.45) is 5.14 Å². The first-order chi connectivity index (χ1) is 9.34. The normalized spacial score (nSPS) is 15.2. The zero-order valence-electron chi connectivity index (χ0n) is 11.2. The van der Waals surface area contributed by atoms with Crippen molar-refractivity contribution in [1.29, 1.82) is 0 Å². The summed E-state index contributed by atoms with van der Waals surface area (Å²) in [6, 6.07) is 4.56. The maximum atomic E-state index is 12.6. The van der Waals surface area contributed by atoms with E-state index in [-0.39, 0.29) is 16.8 Å². The number of sulfonamides is 1. The van der Waals surface area contributed by atoms with Gasteiger partial charge in [0.25, 0.3) is 5.91 Å². The Bertz CT molecular complexity index is 627. The standard InChI is InChI=1S/C13H17BrN2O3S/c1-2-7-16(9-3-4-9)13(17)11-8-10(20(15,18)19)5-6-12(11)14/h5-6,8-9H,2-4,7H2,1H3,(H2,15,18,19). The van der Waals surface area contributed by atoms with Gasteiger partial charge in [0.05, 0.1) is 10.5 Å². The zero-order chi connectivity index (χ0) is 14.9. The van der Waals surface area contributed by atoms with Crippen molar-refractivity contribution in [2.75, 3.05) is 6.54 Å². The van der Waals surface area contributed by atoms with E-state index in [1.54, 1.807) is 6.07 Å². The molecular weight excluding hydrogens is 344 g/mol. The number of amides is 1. The second-order valence-corrected chi connectivity index (χ2v) is 7.33. The number of carbonyl (C=O) groups is 1. The average Bonchev–Trinajstić information content (AvgIpc) is 3.18. The molecule has 1 aliphatic rings. The number of rotatable bonds is 5. The van der Waals surface area contributed by atoms with Gasteiger partial charge in [-0.3, -0.25) is 4.79 Å². The molecule has 0 spiro atoms. The lowest BCUT2D eigenvalue weighted by atomic mass is 10.2. The van der Waals surface area contributed by atoms with Crippen molar-refractivity contribution in [2.45, 2.75) is 37.1 Å². The minimum absolute atomic E-state index is 0.0451. The quantitative estimate of drug-likeness (QED) is 0.872. The monoisotopic (exact) mass is 360 g/mol. The third-order valence-electron chi connectivity index (χ3n) is 3.21. The van der Waals surface area contributed by atoms with Gasteiger partial charge in [-0.15, -0.1) is 0 Å². The smallest absolute Gasteiger partial charge is 0.255 e. The van der Waals surface area contributed by atoms with Gasteiger partial charge in [-0.2, -0.15) is 0 Å². The van der Waals surface area contributed by atoms with Gasteiger partial charge in [0.2, 0.25) is 10.0 Å². The Kier molecular flexibility index (Phi) is 4.51. The van der Waals surface area contributed by atoms with Gasteiger partial charge < -0.3 is 4.90 Å². The van der Waals surface area contributed by atoms with Gasteiger partial charge in [0.15, 0.2) is 0 Å². The van der Waals surface area contributed by atoms with Crippen molar-refractivity contribution in [3.05, 3.63) is 28.2 Å². The van der Waals surface area contributed by atoms with Crippen LogP contribution in [0.3, 0.4) is 0 Å². The molecule has 0 unspecified atom stereocenters. The molecule has 0 atom stereocenters. The Morgan fingerprint density at radius 2 is 2.10 bits per heavy atom. The average molecular weight is 361 g/mol. The van der Waals surface area contributed by atoms with E-state index < -0.39 is 10.0 Å². The van der Waals surface area contributed by atoms with Gasteiger partial charge in [0.1, 0.15) is 0 Å². The predicted octanol–water partition coefficient (Wildman–Crippen LogP) is 2.11. The molecule has 2 N–H and O–H groups in total. The third kappa shape index (κ3) is 3.39. The second kappa shape index (κ2) is 5.83. The molecular formula is C13H17BrN2O3S. The second-order valence-electron chi connectivity index (χ2n) is 4.92. The molecule has 0 bridgehead atoms. The summed E-state index contributed by atoms with van der Waals surface area (Å²) in [6.45, 7) is 2.69. The van der Waals surface area contributed by atoms with Gasteiger partial charge in [0, 0.05) is 17.1 Å². The fourth-order valence-corrected chi connectivity index (χ4v) is 3.03. The summed E-state index contributed by atoms with van der Waals surface area (Å²) in [5.74, 6) is -0.147. The highest BCUT2D eigenvalue weighted by atomic mass is 79.9. The molecule has 2 rings (SSSR count). The number of benzene rings is 1. The Hall–Kier alpha value is -0.920. The van der Waals surface area contributed by atoms with E-state index >= 15 is 0 Å². The lowest BCUT2D eigenvalue weighted by Gasteiger charge is -2.22. The maximum Gasteiger partial charge on any atom is 0.255 e. The van der Waals surface area contributed by atoms with Crippen LogP contribution in [0.2, 0.25) is 0 Å². The number of hydrogen-bond acceptors (Lipinski definition) is 3. The molecule has 0 radical (unpaired) electrons. The van der Waals surface area contributed by atoms with Crippen LogP contribution in [0.15, 0.2) is 27.6 Å². The number of primary sulfonamides is 1. The summed E-state index contributed by atoms with van der Waals surface area (Å²) >= 11 is 3.30.